The first-order chi connectivity index (χ1) is 15.1. The maximum atomic E-state index is 10.2. The molecule has 0 aliphatic heterocycles. The number of aliphatic hydroxyl groups is 1. The third kappa shape index (κ3) is 6.66. The molecule has 5 nitrogen and oxygen atoms in total. The number of ether oxygens (including phenoxy) is 3. The summed E-state index contributed by atoms with van der Waals surface area (Å²) in [5.74, 6) is 2.23. The van der Waals surface area contributed by atoms with Gasteiger partial charge in [0.1, 0.15) is 30.0 Å². The van der Waals surface area contributed by atoms with Crippen LogP contribution in [-0.4, -0.2) is 44.8 Å². The number of hydrogen-bond donors (Lipinski definition) is 2. The van der Waals surface area contributed by atoms with Crippen LogP contribution in [0.25, 0.3) is 11.1 Å². The molecule has 0 aromatic heterocycles. The third-order valence-corrected chi connectivity index (χ3v) is 5.61. The van der Waals surface area contributed by atoms with E-state index in [-0.39, 0.29) is 6.61 Å². The fourth-order valence-corrected chi connectivity index (χ4v) is 3.63. The largest absolute Gasteiger partial charge is 0.497 e. The van der Waals surface area contributed by atoms with Gasteiger partial charge in [0, 0.05) is 29.6 Å². The first-order valence-electron chi connectivity index (χ1n) is 10.1. The lowest BCUT2D eigenvalue weighted by molar-refractivity contribution is 0.106. The summed E-state index contributed by atoms with van der Waals surface area (Å²) >= 11 is 1.73. The Balaban J connectivity index is 1.46. The minimum absolute atomic E-state index is 0.216. The monoisotopic (exact) mass is 439 g/mol. The minimum atomic E-state index is -0.623. The average molecular weight is 440 g/mol. The van der Waals surface area contributed by atoms with Crippen molar-refractivity contribution in [2.24, 2.45) is 0 Å². The molecule has 0 amide bonds. The van der Waals surface area contributed by atoms with Gasteiger partial charge in [-0.1, -0.05) is 30.3 Å². The van der Waals surface area contributed by atoms with Crippen LogP contribution < -0.4 is 19.5 Å². The number of hydrogen-bond acceptors (Lipinski definition) is 6. The van der Waals surface area contributed by atoms with Crippen molar-refractivity contribution in [3.63, 3.8) is 0 Å². The van der Waals surface area contributed by atoms with Gasteiger partial charge >= 0.3 is 0 Å². The minimum Gasteiger partial charge on any atom is -0.497 e. The van der Waals surface area contributed by atoms with E-state index in [0.717, 1.165) is 28.4 Å². The SMILES string of the molecule is COc1ccc(CNCC(O)COc2ccc(-c3cccc(SC)c3)cc2)c(OC)c1. The fourth-order valence-electron chi connectivity index (χ4n) is 3.17. The molecule has 0 radical (unpaired) electrons. The quantitative estimate of drug-likeness (QED) is 0.425. The zero-order chi connectivity index (χ0) is 22.1. The number of rotatable bonds is 11. The fraction of sp³-hybridized carbons (Fsp3) is 0.280. The van der Waals surface area contributed by atoms with E-state index >= 15 is 0 Å². The lowest BCUT2D eigenvalue weighted by Gasteiger charge is -2.15. The molecule has 0 saturated heterocycles. The Hall–Kier alpha value is -2.67. The van der Waals surface area contributed by atoms with Crippen molar-refractivity contribution >= 4 is 11.8 Å². The van der Waals surface area contributed by atoms with Gasteiger partial charge in [-0.3, -0.25) is 0 Å². The van der Waals surface area contributed by atoms with E-state index in [2.05, 4.69) is 35.8 Å². The molecule has 0 spiro atoms. The standard InChI is InChI=1S/C25H29NO4S/c1-28-23-12-9-20(25(14-23)29-2)15-26-16-21(27)17-30-22-10-7-18(8-11-22)19-5-4-6-24(13-19)31-3/h4-14,21,26-27H,15-17H2,1-3H3. The van der Waals surface area contributed by atoms with Crippen LogP contribution in [0, 0.1) is 0 Å². The number of aliphatic hydroxyl groups excluding tert-OH is 1. The van der Waals surface area contributed by atoms with Gasteiger partial charge in [0.15, 0.2) is 0 Å². The van der Waals surface area contributed by atoms with Crippen molar-refractivity contribution in [3.05, 3.63) is 72.3 Å². The highest BCUT2D eigenvalue weighted by Crippen LogP contribution is 2.26. The molecule has 0 aliphatic carbocycles. The summed E-state index contributed by atoms with van der Waals surface area (Å²) in [6.45, 7) is 1.21. The molecule has 0 aliphatic rings. The molecule has 31 heavy (non-hydrogen) atoms. The highest BCUT2D eigenvalue weighted by atomic mass is 32.2. The van der Waals surface area contributed by atoms with Gasteiger partial charge in [-0.2, -0.15) is 0 Å². The molecule has 1 unspecified atom stereocenters. The molecular formula is C25H29NO4S. The molecule has 164 valence electrons. The van der Waals surface area contributed by atoms with Crippen molar-refractivity contribution in [2.75, 3.05) is 33.6 Å². The second kappa shape index (κ2) is 11.6. The average Bonchev–Trinajstić information content (AvgIpc) is 2.83. The highest BCUT2D eigenvalue weighted by Gasteiger charge is 2.08. The van der Waals surface area contributed by atoms with E-state index in [1.165, 1.54) is 10.5 Å². The Kier molecular flexibility index (Phi) is 8.64. The van der Waals surface area contributed by atoms with Crippen molar-refractivity contribution in [1.82, 2.24) is 5.32 Å². The predicted octanol–water partition coefficient (Wildman–Crippen LogP) is 4.62. The zero-order valence-electron chi connectivity index (χ0n) is 18.1. The van der Waals surface area contributed by atoms with Gasteiger partial charge in [0.05, 0.1) is 14.2 Å². The maximum absolute atomic E-state index is 10.2. The van der Waals surface area contributed by atoms with Crippen LogP contribution in [0.1, 0.15) is 5.56 Å². The van der Waals surface area contributed by atoms with Crippen molar-refractivity contribution in [2.45, 2.75) is 17.5 Å². The lowest BCUT2D eigenvalue weighted by Crippen LogP contribution is -2.31. The van der Waals surface area contributed by atoms with E-state index in [0.29, 0.717) is 13.1 Å². The Labute approximate surface area is 188 Å². The van der Waals surface area contributed by atoms with Crippen molar-refractivity contribution in [1.29, 1.82) is 0 Å². The second-order valence-electron chi connectivity index (χ2n) is 7.03. The predicted molar refractivity (Wildman–Crippen MR) is 126 cm³/mol. The first kappa shape index (κ1) is 23.0. The Morgan fingerprint density at radius 1 is 0.903 bits per heavy atom. The molecule has 3 aromatic carbocycles. The van der Waals surface area contributed by atoms with Gasteiger partial charge in [-0.15, -0.1) is 11.8 Å². The van der Waals surface area contributed by atoms with Crippen LogP contribution in [-0.2, 0) is 6.54 Å². The Morgan fingerprint density at radius 3 is 2.39 bits per heavy atom. The smallest absolute Gasteiger partial charge is 0.127 e. The van der Waals surface area contributed by atoms with E-state index in [9.17, 15) is 5.11 Å². The summed E-state index contributed by atoms with van der Waals surface area (Å²) in [4.78, 5) is 1.24. The van der Waals surface area contributed by atoms with Crippen LogP contribution in [0.5, 0.6) is 17.2 Å². The molecule has 2 N–H and O–H groups in total. The molecular weight excluding hydrogens is 410 g/mol. The van der Waals surface area contributed by atoms with Crippen LogP contribution in [0.2, 0.25) is 0 Å². The number of nitrogens with one attached hydrogen (secondary N) is 1. The second-order valence-corrected chi connectivity index (χ2v) is 7.91. The molecule has 0 saturated carbocycles. The number of thioether (sulfide) groups is 1. The molecule has 6 heteroatoms. The lowest BCUT2D eigenvalue weighted by atomic mass is 10.1. The van der Waals surface area contributed by atoms with Gasteiger partial charge in [0.2, 0.25) is 0 Å². The topological polar surface area (TPSA) is 60.0 Å². The van der Waals surface area contributed by atoms with E-state index in [1.54, 1.807) is 26.0 Å². The molecule has 3 rings (SSSR count). The third-order valence-electron chi connectivity index (χ3n) is 4.89. The highest BCUT2D eigenvalue weighted by molar-refractivity contribution is 7.98. The molecule has 0 heterocycles. The summed E-state index contributed by atoms with van der Waals surface area (Å²) in [6, 6.07) is 22.1. The van der Waals surface area contributed by atoms with Gasteiger partial charge in [-0.25, -0.2) is 0 Å². The molecule has 0 bridgehead atoms. The van der Waals surface area contributed by atoms with Crippen molar-refractivity contribution in [3.8, 4) is 28.4 Å². The Bertz CT molecular complexity index is 962. The van der Waals surface area contributed by atoms with E-state index in [4.69, 9.17) is 14.2 Å². The van der Waals surface area contributed by atoms with Crippen LogP contribution in [0.3, 0.4) is 0 Å². The van der Waals surface area contributed by atoms with Gasteiger partial charge in [0.25, 0.3) is 0 Å². The molecule has 0 fully saturated rings. The first-order valence-corrected chi connectivity index (χ1v) is 11.3. The maximum Gasteiger partial charge on any atom is 0.127 e. The van der Waals surface area contributed by atoms with Crippen LogP contribution in [0.15, 0.2) is 71.6 Å². The summed E-state index contributed by atoms with van der Waals surface area (Å²) in [7, 11) is 3.26. The van der Waals surface area contributed by atoms with Gasteiger partial charge < -0.3 is 24.6 Å². The number of benzene rings is 3. The van der Waals surface area contributed by atoms with E-state index < -0.39 is 6.10 Å². The normalized spacial score (nSPS) is 11.7. The molecule has 3 aromatic rings. The summed E-state index contributed by atoms with van der Waals surface area (Å²) in [5.41, 5.74) is 3.31. The summed E-state index contributed by atoms with van der Waals surface area (Å²) in [5, 5.41) is 13.5. The van der Waals surface area contributed by atoms with Crippen LogP contribution >= 0.6 is 11.8 Å². The van der Waals surface area contributed by atoms with E-state index in [1.807, 2.05) is 42.5 Å². The van der Waals surface area contributed by atoms with Crippen LogP contribution in [0.4, 0.5) is 0 Å². The Morgan fingerprint density at radius 2 is 1.68 bits per heavy atom. The van der Waals surface area contributed by atoms with Gasteiger partial charge in [-0.05, 0) is 47.7 Å². The molecule has 1 atom stereocenters. The number of methoxy groups -OCH3 is 2. The van der Waals surface area contributed by atoms with Crippen molar-refractivity contribution < 1.29 is 19.3 Å². The summed E-state index contributed by atoms with van der Waals surface area (Å²) in [6.07, 6.45) is 1.45. The zero-order valence-corrected chi connectivity index (χ0v) is 18.9. The summed E-state index contributed by atoms with van der Waals surface area (Å²) < 4.78 is 16.4.